The Morgan fingerprint density at radius 2 is 1.76 bits per heavy atom. The summed E-state index contributed by atoms with van der Waals surface area (Å²) in [4.78, 5) is 50.8. The minimum atomic E-state index is -1.09. The molecule has 5 heterocycles. The van der Waals surface area contributed by atoms with Crippen molar-refractivity contribution in [2.75, 3.05) is 11.4 Å². The zero-order valence-corrected chi connectivity index (χ0v) is 20.7. The monoisotopic (exact) mass is 526 g/mol. The maximum atomic E-state index is 14.4. The standard InChI is InChI=1S/C29H20ClFN4O3/c30-18-14-15(11-12-19(18)31)34-26(37)23-22-10-5-13-33(22)29(24(23)27(34)38)17-7-2-4-9-21(17)35-25(36)16-6-1-3-8-20(16)32-28(29)35/h1-4,6-9,11-12,14,22-24H,5,10,13H2/t22-,23-,24+,29+/m0/s1. The minimum Gasteiger partial charge on any atom is -0.283 e. The Morgan fingerprint density at radius 1 is 0.974 bits per heavy atom. The predicted octanol–water partition coefficient (Wildman–Crippen LogP) is 4.02. The summed E-state index contributed by atoms with van der Waals surface area (Å²) in [7, 11) is 0. The van der Waals surface area contributed by atoms with Crippen molar-refractivity contribution in [3.05, 3.63) is 99.3 Å². The molecule has 4 atom stereocenters. The molecule has 1 aromatic heterocycles. The largest absolute Gasteiger partial charge is 0.283 e. The van der Waals surface area contributed by atoms with Crippen LogP contribution in [0.1, 0.15) is 24.2 Å². The van der Waals surface area contributed by atoms with E-state index in [9.17, 15) is 18.8 Å². The molecule has 3 fully saturated rings. The van der Waals surface area contributed by atoms with Gasteiger partial charge in [0.1, 0.15) is 17.2 Å². The second kappa shape index (κ2) is 7.36. The fourth-order valence-corrected chi connectivity index (χ4v) is 7.67. The topological polar surface area (TPSA) is 75.5 Å². The van der Waals surface area contributed by atoms with Gasteiger partial charge in [-0.1, -0.05) is 41.9 Å². The molecule has 0 saturated carbocycles. The quantitative estimate of drug-likeness (QED) is 0.350. The van der Waals surface area contributed by atoms with Crippen LogP contribution >= 0.6 is 11.6 Å². The molecule has 188 valence electrons. The van der Waals surface area contributed by atoms with Gasteiger partial charge in [0.2, 0.25) is 11.8 Å². The first-order chi connectivity index (χ1) is 18.4. The summed E-state index contributed by atoms with van der Waals surface area (Å²) < 4.78 is 15.6. The fourth-order valence-electron chi connectivity index (χ4n) is 7.49. The number of anilines is 1. The van der Waals surface area contributed by atoms with Crippen molar-refractivity contribution in [1.29, 1.82) is 0 Å². The Balaban J connectivity index is 1.44. The Morgan fingerprint density at radius 3 is 2.61 bits per heavy atom. The molecule has 0 radical (unpaired) electrons. The fraction of sp³-hybridized carbons (Fsp3) is 0.241. The number of amides is 2. The SMILES string of the molecule is O=C1[C@H]2[C@@H]3CCCN3[C@]3(c4ccccc4-n4c3nc3ccccc3c4=O)[C@H]2C(=O)N1c1ccc(F)c(Cl)c1. The Hall–Kier alpha value is -3.88. The lowest BCUT2D eigenvalue weighted by atomic mass is 9.75. The molecule has 1 spiro atoms. The third kappa shape index (κ3) is 2.43. The van der Waals surface area contributed by atoms with Crippen LogP contribution in [0.15, 0.2) is 71.5 Å². The molecule has 0 aliphatic carbocycles. The number of hydrogen-bond donors (Lipinski definition) is 0. The van der Waals surface area contributed by atoms with Crippen LogP contribution in [-0.4, -0.2) is 38.9 Å². The molecule has 0 N–H and O–H groups in total. The Bertz CT molecular complexity index is 1800. The number of hydrogen-bond acceptors (Lipinski definition) is 5. The second-order valence-electron chi connectivity index (χ2n) is 10.4. The number of carbonyl (C=O) groups is 2. The predicted molar refractivity (Wildman–Crippen MR) is 139 cm³/mol. The third-order valence-electron chi connectivity index (χ3n) is 8.80. The number of rotatable bonds is 1. The number of aromatic nitrogens is 2. The zero-order chi connectivity index (χ0) is 25.9. The van der Waals surface area contributed by atoms with E-state index < -0.39 is 23.2 Å². The molecule has 38 heavy (non-hydrogen) atoms. The van der Waals surface area contributed by atoms with E-state index in [2.05, 4.69) is 4.90 Å². The first-order valence-electron chi connectivity index (χ1n) is 12.7. The average molecular weight is 527 g/mol. The van der Waals surface area contributed by atoms with Gasteiger partial charge in [0.05, 0.1) is 39.1 Å². The first-order valence-corrected chi connectivity index (χ1v) is 13.0. The molecule has 4 aliphatic heterocycles. The smallest absolute Gasteiger partial charge is 0.266 e. The molecule has 4 aromatic rings. The van der Waals surface area contributed by atoms with Crippen LogP contribution in [0.5, 0.6) is 0 Å². The van der Waals surface area contributed by atoms with Gasteiger partial charge in [0.15, 0.2) is 0 Å². The van der Waals surface area contributed by atoms with Crippen molar-refractivity contribution in [2.24, 2.45) is 11.8 Å². The number of imide groups is 1. The van der Waals surface area contributed by atoms with Crippen LogP contribution in [0.2, 0.25) is 5.02 Å². The summed E-state index contributed by atoms with van der Waals surface area (Å²) in [5.41, 5.74) is 0.995. The number of para-hydroxylation sites is 2. The van der Waals surface area contributed by atoms with Crippen LogP contribution in [0.3, 0.4) is 0 Å². The van der Waals surface area contributed by atoms with Gasteiger partial charge in [-0.2, -0.15) is 0 Å². The van der Waals surface area contributed by atoms with Crippen LogP contribution in [0, 0.1) is 17.7 Å². The van der Waals surface area contributed by atoms with Crippen molar-refractivity contribution in [3.63, 3.8) is 0 Å². The lowest BCUT2D eigenvalue weighted by Gasteiger charge is -2.38. The third-order valence-corrected chi connectivity index (χ3v) is 9.09. The van der Waals surface area contributed by atoms with E-state index in [4.69, 9.17) is 16.6 Å². The summed E-state index contributed by atoms with van der Waals surface area (Å²) in [5, 5.41) is 0.334. The van der Waals surface area contributed by atoms with E-state index in [1.807, 2.05) is 36.4 Å². The number of halogens is 2. The highest BCUT2D eigenvalue weighted by atomic mass is 35.5. The lowest BCUT2D eigenvalue weighted by molar-refractivity contribution is -0.124. The maximum absolute atomic E-state index is 14.4. The van der Waals surface area contributed by atoms with Crippen molar-refractivity contribution >= 4 is 40.0 Å². The molecule has 4 aliphatic rings. The van der Waals surface area contributed by atoms with Crippen molar-refractivity contribution in [2.45, 2.75) is 24.4 Å². The van der Waals surface area contributed by atoms with Gasteiger partial charge in [0, 0.05) is 11.6 Å². The molecule has 0 unspecified atom stereocenters. The zero-order valence-electron chi connectivity index (χ0n) is 20.0. The molecule has 0 bridgehead atoms. The van der Waals surface area contributed by atoms with Gasteiger partial charge in [-0.05, 0) is 55.8 Å². The number of benzene rings is 3. The van der Waals surface area contributed by atoms with E-state index in [1.165, 1.54) is 12.1 Å². The first kappa shape index (κ1) is 22.1. The summed E-state index contributed by atoms with van der Waals surface area (Å²) >= 11 is 6.04. The average Bonchev–Trinajstić information content (AvgIpc) is 3.63. The van der Waals surface area contributed by atoms with Crippen molar-refractivity contribution < 1.29 is 14.0 Å². The summed E-state index contributed by atoms with van der Waals surface area (Å²) in [6.07, 6.45) is 1.61. The summed E-state index contributed by atoms with van der Waals surface area (Å²) in [5.74, 6) is -2.29. The van der Waals surface area contributed by atoms with E-state index in [-0.39, 0.29) is 34.1 Å². The summed E-state index contributed by atoms with van der Waals surface area (Å²) in [6.45, 7) is 0.678. The van der Waals surface area contributed by atoms with Crippen molar-refractivity contribution in [1.82, 2.24) is 14.5 Å². The Labute approximate surface area is 221 Å². The van der Waals surface area contributed by atoms with Gasteiger partial charge >= 0.3 is 0 Å². The normalized spacial score (nSPS) is 27.3. The molecule has 3 aromatic carbocycles. The van der Waals surface area contributed by atoms with E-state index in [0.717, 1.165) is 29.4 Å². The van der Waals surface area contributed by atoms with Crippen LogP contribution in [0.25, 0.3) is 16.6 Å². The number of fused-ring (bicyclic) bond motifs is 11. The summed E-state index contributed by atoms with van der Waals surface area (Å²) in [6, 6.07) is 18.5. The second-order valence-corrected chi connectivity index (χ2v) is 10.8. The minimum absolute atomic E-state index is 0.159. The Kier molecular flexibility index (Phi) is 4.29. The van der Waals surface area contributed by atoms with Gasteiger partial charge in [-0.3, -0.25) is 23.9 Å². The van der Waals surface area contributed by atoms with E-state index in [1.54, 1.807) is 16.7 Å². The molecule has 2 amide bonds. The van der Waals surface area contributed by atoms with Crippen LogP contribution < -0.4 is 10.5 Å². The van der Waals surface area contributed by atoms with Crippen LogP contribution in [0.4, 0.5) is 10.1 Å². The highest BCUT2D eigenvalue weighted by molar-refractivity contribution is 6.31. The highest BCUT2D eigenvalue weighted by Gasteiger charge is 2.73. The lowest BCUT2D eigenvalue weighted by Crippen LogP contribution is -2.51. The molecule has 8 rings (SSSR count). The number of nitrogens with zero attached hydrogens (tertiary/aromatic N) is 4. The van der Waals surface area contributed by atoms with Crippen molar-refractivity contribution in [3.8, 4) is 5.69 Å². The van der Waals surface area contributed by atoms with Gasteiger partial charge in [0.25, 0.3) is 5.56 Å². The highest BCUT2D eigenvalue weighted by Crippen LogP contribution is 2.62. The van der Waals surface area contributed by atoms with Gasteiger partial charge in [-0.15, -0.1) is 0 Å². The van der Waals surface area contributed by atoms with Gasteiger partial charge in [-0.25, -0.2) is 14.3 Å². The molecular weight excluding hydrogens is 507 g/mol. The van der Waals surface area contributed by atoms with Crippen LogP contribution in [-0.2, 0) is 15.1 Å². The van der Waals surface area contributed by atoms with E-state index in [0.29, 0.717) is 29.0 Å². The van der Waals surface area contributed by atoms with Gasteiger partial charge < -0.3 is 0 Å². The number of carbonyl (C=O) groups excluding carboxylic acids is 2. The molecule has 7 nitrogen and oxygen atoms in total. The van der Waals surface area contributed by atoms with E-state index >= 15 is 0 Å². The molecular formula is C29H20ClFN4O3. The maximum Gasteiger partial charge on any atom is 0.266 e. The molecule has 3 saturated heterocycles. The molecule has 9 heteroatoms.